The summed E-state index contributed by atoms with van der Waals surface area (Å²) < 4.78 is 0. The third-order valence-electron chi connectivity index (χ3n) is 4.48. The fraction of sp³-hybridized carbons (Fsp3) is 0.867. The van der Waals surface area contributed by atoms with E-state index in [-0.39, 0.29) is 12.3 Å². The zero-order valence-corrected chi connectivity index (χ0v) is 12.5. The molecule has 2 fully saturated rings. The first-order valence-electron chi connectivity index (χ1n) is 7.70. The fourth-order valence-corrected chi connectivity index (χ4v) is 3.60. The number of rotatable bonds is 6. The standard InChI is InChI=1S/C15H26N2O3/c1-10(2)8-16-14(18)9-17-12-3-4-13(17)6-11(5-12)7-15(19)20/h10-13H,3-9H2,1-2H3,(H,16,18)(H,19,20). The molecule has 0 aliphatic carbocycles. The van der Waals surface area contributed by atoms with Gasteiger partial charge in [-0.1, -0.05) is 13.8 Å². The second kappa shape index (κ2) is 6.57. The number of nitrogens with one attached hydrogen (secondary N) is 1. The van der Waals surface area contributed by atoms with Gasteiger partial charge in [0.25, 0.3) is 0 Å². The lowest BCUT2D eigenvalue weighted by Gasteiger charge is -2.38. The van der Waals surface area contributed by atoms with E-state index >= 15 is 0 Å². The normalized spacial score (nSPS) is 29.6. The van der Waals surface area contributed by atoms with E-state index in [0.717, 1.165) is 32.2 Å². The quantitative estimate of drug-likeness (QED) is 0.774. The van der Waals surface area contributed by atoms with E-state index < -0.39 is 5.97 Å². The van der Waals surface area contributed by atoms with Crippen LogP contribution in [0.3, 0.4) is 0 Å². The Bertz CT molecular complexity index is 356. The van der Waals surface area contributed by atoms with Crippen LogP contribution in [0, 0.1) is 11.8 Å². The minimum atomic E-state index is -0.697. The number of carbonyl (C=O) groups is 2. The molecule has 2 aliphatic heterocycles. The second-order valence-corrected chi connectivity index (χ2v) is 6.69. The fourth-order valence-electron chi connectivity index (χ4n) is 3.60. The van der Waals surface area contributed by atoms with Crippen LogP contribution in [-0.4, -0.2) is 47.1 Å². The molecule has 5 heteroatoms. The van der Waals surface area contributed by atoms with Gasteiger partial charge in [-0.2, -0.15) is 0 Å². The van der Waals surface area contributed by atoms with Crippen LogP contribution in [0.4, 0.5) is 0 Å². The Morgan fingerprint density at radius 2 is 1.85 bits per heavy atom. The van der Waals surface area contributed by atoms with Gasteiger partial charge in [-0.15, -0.1) is 0 Å². The highest BCUT2D eigenvalue weighted by Crippen LogP contribution is 2.39. The maximum absolute atomic E-state index is 11.9. The molecule has 2 rings (SSSR count). The van der Waals surface area contributed by atoms with Crippen molar-refractivity contribution in [2.45, 2.75) is 58.0 Å². The average Bonchev–Trinajstić information content (AvgIpc) is 2.59. The number of hydrogen-bond donors (Lipinski definition) is 2. The highest BCUT2D eigenvalue weighted by atomic mass is 16.4. The maximum Gasteiger partial charge on any atom is 0.303 e. The molecule has 2 unspecified atom stereocenters. The van der Waals surface area contributed by atoms with Crippen molar-refractivity contribution < 1.29 is 14.7 Å². The van der Waals surface area contributed by atoms with E-state index in [4.69, 9.17) is 5.11 Å². The van der Waals surface area contributed by atoms with Crippen LogP contribution in [0.1, 0.15) is 46.0 Å². The smallest absolute Gasteiger partial charge is 0.303 e. The van der Waals surface area contributed by atoms with E-state index in [1.165, 1.54) is 0 Å². The number of nitrogens with zero attached hydrogens (tertiary/aromatic N) is 1. The van der Waals surface area contributed by atoms with Crippen LogP contribution in [0.25, 0.3) is 0 Å². The molecule has 2 heterocycles. The summed E-state index contributed by atoms with van der Waals surface area (Å²) in [5.41, 5.74) is 0. The van der Waals surface area contributed by atoms with Crippen molar-refractivity contribution in [1.82, 2.24) is 10.2 Å². The predicted octanol–water partition coefficient (Wildman–Crippen LogP) is 1.48. The summed E-state index contributed by atoms with van der Waals surface area (Å²) in [6.07, 6.45) is 4.36. The Labute approximate surface area is 120 Å². The van der Waals surface area contributed by atoms with E-state index in [0.29, 0.717) is 30.5 Å². The lowest BCUT2D eigenvalue weighted by Crippen LogP contribution is -2.48. The Morgan fingerprint density at radius 1 is 1.25 bits per heavy atom. The Hall–Kier alpha value is -1.10. The Morgan fingerprint density at radius 3 is 2.35 bits per heavy atom. The number of piperidine rings is 1. The molecule has 0 aromatic rings. The van der Waals surface area contributed by atoms with Gasteiger partial charge < -0.3 is 10.4 Å². The van der Waals surface area contributed by atoms with Gasteiger partial charge in [0.2, 0.25) is 5.91 Å². The monoisotopic (exact) mass is 282 g/mol. The van der Waals surface area contributed by atoms with Crippen LogP contribution in [0.2, 0.25) is 0 Å². The SMILES string of the molecule is CC(C)CNC(=O)CN1C2CCC1CC(CC(=O)O)C2. The lowest BCUT2D eigenvalue weighted by atomic mass is 9.88. The number of amides is 1. The molecule has 0 aromatic heterocycles. The molecular weight excluding hydrogens is 256 g/mol. The topological polar surface area (TPSA) is 69.6 Å². The summed E-state index contributed by atoms with van der Waals surface area (Å²) in [4.78, 5) is 25.1. The predicted molar refractivity (Wildman–Crippen MR) is 76.3 cm³/mol. The molecule has 0 saturated carbocycles. The van der Waals surface area contributed by atoms with Crippen LogP contribution in [-0.2, 0) is 9.59 Å². The van der Waals surface area contributed by atoms with E-state index in [1.807, 2.05) is 0 Å². The van der Waals surface area contributed by atoms with Gasteiger partial charge in [0.05, 0.1) is 6.54 Å². The van der Waals surface area contributed by atoms with Crippen LogP contribution in [0.5, 0.6) is 0 Å². The highest BCUT2D eigenvalue weighted by Gasteiger charge is 2.41. The number of hydrogen-bond acceptors (Lipinski definition) is 3. The summed E-state index contributed by atoms with van der Waals surface area (Å²) in [7, 11) is 0. The number of carbonyl (C=O) groups excluding carboxylic acids is 1. The van der Waals surface area contributed by atoms with Gasteiger partial charge in [-0.05, 0) is 37.5 Å². The van der Waals surface area contributed by atoms with Crippen LogP contribution < -0.4 is 5.32 Å². The summed E-state index contributed by atoms with van der Waals surface area (Å²) in [5.74, 6) is 0.168. The molecule has 1 amide bonds. The van der Waals surface area contributed by atoms with Gasteiger partial charge in [0, 0.05) is 25.0 Å². The van der Waals surface area contributed by atoms with Crippen molar-refractivity contribution >= 4 is 11.9 Å². The second-order valence-electron chi connectivity index (χ2n) is 6.69. The summed E-state index contributed by atoms with van der Waals surface area (Å²) >= 11 is 0. The number of carboxylic acid groups (broad SMARTS) is 1. The largest absolute Gasteiger partial charge is 0.481 e. The van der Waals surface area contributed by atoms with Gasteiger partial charge in [0.1, 0.15) is 0 Å². The average molecular weight is 282 g/mol. The molecule has 2 aliphatic rings. The van der Waals surface area contributed by atoms with Gasteiger partial charge in [0.15, 0.2) is 0 Å². The Kier molecular flexibility index (Phi) is 5.02. The zero-order valence-electron chi connectivity index (χ0n) is 12.5. The highest BCUT2D eigenvalue weighted by molar-refractivity contribution is 5.78. The van der Waals surface area contributed by atoms with Crippen LogP contribution >= 0.6 is 0 Å². The molecule has 2 saturated heterocycles. The van der Waals surface area contributed by atoms with Crippen molar-refractivity contribution in [3.63, 3.8) is 0 Å². The molecule has 20 heavy (non-hydrogen) atoms. The molecule has 2 bridgehead atoms. The van der Waals surface area contributed by atoms with Crippen LogP contribution in [0.15, 0.2) is 0 Å². The van der Waals surface area contributed by atoms with Crippen molar-refractivity contribution in [3.05, 3.63) is 0 Å². The first-order chi connectivity index (χ1) is 9.45. The van der Waals surface area contributed by atoms with Crippen molar-refractivity contribution in [2.24, 2.45) is 11.8 Å². The maximum atomic E-state index is 11.9. The van der Waals surface area contributed by atoms with E-state index in [2.05, 4.69) is 24.1 Å². The zero-order chi connectivity index (χ0) is 14.7. The van der Waals surface area contributed by atoms with Gasteiger partial charge in [-0.3, -0.25) is 14.5 Å². The minimum absolute atomic E-state index is 0.104. The molecule has 5 nitrogen and oxygen atoms in total. The first-order valence-corrected chi connectivity index (χ1v) is 7.70. The van der Waals surface area contributed by atoms with Crippen molar-refractivity contribution in [3.8, 4) is 0 Å². The molecule has 114 valence electrons. The molecule has 0 aromatic carbocycles. The molecule has 0 spiro atoms. The molecular formula is C15H26N2O3. The minimum Gasteiger partial charge on any atom is -0.481 e. The lowest BCUT2D eigenvalue weighted by molar-refractivity contribution is -0.139. The van der Waals surface area contributed by atoms with Crippen molar-refractivity contribution in [1.29, 1.82) is 0 Å². The summed E-state index contributed by atoms with van der Waals surface area (Å²) in [6, 6.07) is 0.811. The third-order valence-corrected chi connectivity index (χ3v) is 4.48. The summed E-state index contributed by atoms with van der Waals surface area (Å²) in [5, 5.41) is 11.9. The van der Waals surface area contributed by atoms with E-state index in [1.54, 1.807) is 0 Å². The van der Waals surface area contributed by atoms with Gasteiger partial charge in [-0.25, -0.2) is 0 Å². The number of fused-ring (bicyclic) bond motifs is 2. The van der Waals surface area contributed by atoms with E-state index in [9.17, 15) is 9.59 Å². The summed E-state index contributed by atoms with van der Waals surface area (Å²) in [6.45, 7) is 5.37. The first kappa shape index (κ1) is 15.3. The molecule has 0 radical (unpaired) electrons. The molecule has 2 atom stereocenters. The Balaban J connectivity index is 1.83. The number of carboxylic acids is 1. The third kappa shape index (κ3) is 3.95. The van der Waals surface area contributed by atoms with Crippen molar-refractivity contribution in [2.75, 3.05) is 13.1 Å². The molecule has 2 N–H and O–H groups in total. The number of aliphatic carboxylic acids is 1. The van der Waals surface area contributed by atoms with Gasteiger partial charge >= 0.3 is 5.97 Å².